The van der Waals surface area contributed by atoms with Crippen molar-refractivity contribution in [1.82, 2.24) is 0 Å². The minimum atomic E-state index is -0.531. The first kappa shape index (κ1) is 10.3. The van der Waals surface area contributed by atoms with Gasteiger partial charge in [0.15, 0.2) is 5.75 Å². The van der Waals surface area contributed by atoms with Gasteiger partial charge in [0.1, 0.15) is 0 Å². The highest BCUT2D eigenvalue weighted by Gasteiger charge is 2.07. The second-order valence-corrected chi connectivity index (χ2v) is 2.72. The fourth-order valence-electron chi connectivity index (χ4n) is 0.765. The highest BCUT2D eigenvalue weighted by atomic mass is 17.2. The molecular formula is C11H12O3. The van der Waals surface area contributed by atoms with Crippen molar-refractivity contribution >= 4 is 5.97 Å². The zero-order valence-corrected chi connectivity index (χ0v) is 8.03. The van der Waals surface area contributed by atoms with Crippen LogP contribution in [0.4, 0.5) is 0 Å². The van der Waals surface area contributed by atoms with E-state index in [1.54, 1.807) is 24.3 Å². The van der Waals surface area contributed by atoms with E-state index in [0.29, 0.717) is 17.7 Å². The van der Waals surface area contributed by atoms with Crippen molar-refractivity contribution in [2.75, 3.05) is 0 Å². The predicted octanol–water partition coefficient (Wildman–Crippen LogP) is 2.49. The zero-order valence-electron chi connectivity index (χ0n) is 8.03. The SMILES string of the molecule is C=C(CC)C(=O)OOc1ccccc1. The first-order valence-electron chi connectivity index (χ1n) is 4.35. The molecule has 0 saturated heterocycles. The van der Waals surface area contributed by atoms with E-state index in [0.717, 1.165) is 0 Å². The normalized spacial score (nSPS) is 9.21. The molecule has 0 aliphatic rings. The molecule has 14 heavy (non-hydrogen) atoms. The fourth-order valence-corrected chi connectivity index (χ4v) is 0.765. The predicted molar refractivity (Wildman–Crippen MR) is 52.6 cm³/mol. The molecule has 0 atom stereocenters. The lowest BCUT2D eigenvalue weighted by Crippen LogP contribution is -2.09. The summed E-state index contributed by atoms with van der Waals surface area (Å²) in [6.07, 6.45) is 0.553. The molecule has 0 aliphatic carbocycles. The maximum absolute atomic E-state index is 11.1. The van der Waals surface area contributed by atoms with Crippen molar-refractivity contribution in [2.24, 2.45) is 0 Å². The van der Waals surface area contributed by atoms with Gasteiger partial charge in [0, 0.05) is 5.57 Å². The summed E-state index contributed by atoms with van der Waals surface area (Å²) in [4.78, 5) is 20.4. The summed E-state index contributed by atoms with van der Waals surface area (Å²) in [5.41, 5.74) is 0.390. The van der Waals surface area contributed by atoms with Crippen molar-refractivity contribution < 1.29 is 14.6 Å². The molecule has 3 nitrogen and oxygen atoms in total. The first-order valence-corrected chi connectivity index (χ1v) is 4.35. The Morgan fingerprint density at radius 1 is 1.36 bits per heavy atom. The van der Waals surface area contributed by atoms with Crippen molar-refractivity contribution in [3.05, 3.63) is 42.5 Å². The first-order chi connectivity index (χ1) is 6.74. The van der Waals surface area contributed by atoms with Crippen molar-refractivity contribution in [1.29, 1.82) is 0 Å². The van der Waals surface area contributed by atoms with Crippen LogP contribution >= 0.6 is 0 Å². The van der Waals surface area contributed by atoms with Gasteiger partial charge in [-0.1, -0.05) is 31.7 Å². The maximum Gasteiger partial charge on any atom is 0.381 e. The second kappa shape index (κ2) is 5.07. The molecule has 0 amide bonds. The van der Waals surface area contributed by atoms with Gasteiger partial charge in [-0.05, 0) is 18.6 Å². The van der Waals surface area contributed by atoms with Crippen LogP contribution in [0.1, 0.15) is 13.3 Å². The summed E-state index contributed by atoms with van der Waals surface area (Å²) in [6, 6.07) is 8.82. The molecule has 0 bridgehead atoms. The van der Waals surface area contributed by atoms with Gasteiger partial charge in [0.2, 0.25) is 0 Å². The molecule has 74 valence electrons. The van der Waals surface area contributed by atoms with Gasteiger partial charge in [0.05, 0.1) is 0 Å². The largest absolute Gasteiger partial charge is 0.381 e. The maximum atomic E-state index is 11.1. The Balaban J connectivity index is 2.42. The van der Waals surface area contributed by atoms with Crippen LogP contribution in [0.3, 0.4) is 0 Å². The number of benzene rings is 1. The summed E-state index contributed by atoms with van der Waals surface area (Å²) in [5, 5.41) is 0. The molecule has 0 radical (unpaired) electrons. The number of carbonyl (C=O) groups is 1. The third-order valence-corrected chi connectivity index (χ3v) is 1.67. The second-order valence-electron chi connectivity index (χ2n) is 2.72. The molecule has 1 aromatic rings. The third-order valence-electron chi connectivity index (χ3n) is 1.67. The van der Waals surface area contributed by atoms with Crippen LogP contribution in [0.25, 0.3) is 0 Å². The Kier molecular flexibility index (Phi) is 3.73. The average Bonchev–Trinajstić information content (AvgIpc) is 2.26. The lowest BCUT2D eigenvalue weighted by atomic mass is 10.2. The van der Waals surface area contributed by atoms with Gasteiger partial charge in [-0.2, -0.15) is 0 Å². The van der Waals surface area contributed by atoms with E-state index < -0.39 is 5.97 Å². The summed E-state index contributed by atoms with van der Waals surface area (Å²) < 4.78 is 0. The monoisotopic (exact) mass is 192 g/mol. The Morgan fingerprint density at radius 2 is 2.00 bits per heavy atom. The lowest BCUT2D eigenvalue weighted by molar-refractivity contribution is -0.208. The summed E-state index contributed by atoms with van der Waals surface area (Å²) in [5.74, 6) is -0.0406. The molecule has 1 aromatic carbocycles. The molecule has 0 heterocycles. The van der Waals surface area contributed by atoms with E-state index >= 15 is 0 Å². The van der Waals surface area contributed by atoms with E-state index in [-0.39, 0.29) is 0 Å². The average molecular weight is 192 g/mol. The van der Waals surface area contributed by atoms with Crippen LogP contribution in [0.15, 0.2) is 42.5 Å². The van der Waals surface area contributed by atoms with Crippen molar-refractivity contribution in [3.8, 4) is 5.75 Å². The van der Waals surface area contributed by atoms with Gasteiger partial charge < -0.3 is 0 Å². The van der Waals surface area contributed by atoms with Crippen LogP contribution in [-0.4, -0.2) is 5.97 Å². The molecular weight excluding hydrogens is 180 g/mol. The Bertz CT molecular complexity index is 317. The highest BCUT2D eigenvalue weighted by molar-refractivity contribution is 5.87. The number of para-hydroxylation sites is 1. The number of hydrogen-bond donors (Lipinski definition) is 0. The summed E-state index contributed by atoms with van der Waals surface area (Å²) in [7, 11) is 0. The van der Waals surface area contributed by atoms with E-state index in [2.05, 4.69) is 11.5 Å². The lowest BCUT2D eigenvalue weighted by Gasteiger charge is -2.03. The standard InChI is InChI=1S/C11H12O3/c1-3-9(2)11(12)14-13-10-7-5-4-6-8-10/h4-8H,2-3H2,1H3. The minimum absolute atomic E-state index is 0.390. The van der Waals surface area contributed by atoms with Crippen molar-refractivity contribution in [3.63, 3.8) is 0 Å². The zero-order chi connectivity index (χ0) is 10.4. The molecule has 0 aliphatic heterocycles. The number of rotatable bonds is 4. The molecule has 3 heteroatoms. The highest BCUT2D eigenvalue weighted by Crippen LogP contribution is 2.09. The van der Waals surface area contributed by atoms with E-state index in [1.807, 2.05) is 13.0 Å². The van der Waals surface area contributed by atoms with Crippen molar-refractivity contribution in [2.45, 2.75) is 13.3 Å². The summed E-state index contributed by atoms with van der Waals surface area (Å²) in [6.45, 7) is 5.36. The van der Waals surface area contributed by atoms with Gasteiger partial charge in [-0.25, -0.2) is 9.68 Å². The fraction of sp³-hybridized carbons (Fsp3) is 0.182. The summed E-state index contributed by atoms with van der Waals surface area (Å²) >= 11 is 0. The van der Waals surface area contributed by atoms with E-state index in [4.69, 9.17) is 4.89 Å². The Labute approximate surface area is 82.9 Å². The smallest absolute Gasteiger partial charge is 0.287 e. The van der Waals surface area contributed by atoms with Crippen LogP contribution in [0.2, 0.25) is 0 Å². The molecule has 0 unspecified atom stereocenters. The third kappa shape index (κ3) is 2.94. The van der Waals surface area contributed by atoms with Crippen LogP contribution in [0, 0.1) is 0 Å². The Hall–Kier alpha value is -1.77. The van der Waals surface area contributed by atoms with Gasteiger partial charge in [-0.3, -0.25) is 4.89 Å². The molecule has 1 rings (SSSR count). The van der Waals surface area contributed by atoms with Crippen LogP contribution < -0.4 is 4.89 Å². The number of hydrogen-bond acceptors (Lipinski definition) is 3. The molecule has 0 aromatic heterocycles. The van der Waals surface area contributed by atoms with Gasteiger partial charge >= 0.3 is 5.97 Å². The van der Waals surface area contributed by atoms with E-state index in [1.165, 1.54) is 0 Å². The van der Waals surface area contributed by atoms with Gasteiger partial charge in [-0.15, -0.1) is 0 Å². The molecule has 0 saturated carbocycles. The van der Waals surface area contributed by atoms with E-state index in [9.17, 15) is 4.79 Å². The van der Waals surface area contributed by atoms with Gasteiger partial charge in [0.25, 0.3) is 0 Å². The van der Waals surface area contributed by atoms with Crippen LogP contribution in [-0.2, 0) is 9.68 Å². The number of carbonyl (C=O) groups excluding carboxylic acids is 1. The quantitative estimate of drug-likeness (QED) is 0.417. The molecule has 0 fully saturated rings. The molecule has 0 N–H and O–H groups in total. The minimum Gasteiger partial charge on any atom is -0.287 e. The topological polar surface area (TPSA) is 35.5 Å². The van der Waals surface area contributed by atoms with Crippen LogP contribution in [0.5, 0.6) is 5.75 Å². The molecule has 0 spiro atoms. The Morgan fingerprint density at radius 3 is 2.57 bits per heavy atom.